The number of hydrogen-bond acceptors (Lipinski definition) is 12. The number of hydrogen-bond donors (Lipinski definition) is 0. The number of ketones is 2. The van der Waals surface area contributed by atoms with Gasteiger partial charge in [-0.2, -0.15) is 21.0 Å². The summed E-state index contributed by atoms with van der Waals surface area (Å²) in [6.45, 7) is 4.37. The molecular weight excluding hydrogens is 955 g/mol. The standard InChI is InChI=1S/C47H22Cl4N4O4S4/c1-47(2)29-13-37(45-35(58-3)7-21(60-45)5-27-39(19(15-52)16-53)23-9-31(48)33(50)11-25(23)41(27)56)62-43(29)44-30(47)14-38(63-44)46-36(59-4)8-22(61-46)6-28-40(20(17-54)18-55)24-10-32(49)34(51)12-26(24)42(28)57/h5-14H,1-4H3/b27-5-,28-6-. The number of benzene rings is 2. The van der Waals surface area contributed by atoms with Gasteiger partial charge in [0.05, 0.1) is 44.1 Å². The molecule has 4 heterocycles. The SMILES string of the molecule is COc1cc(/C=C2\C(=O)c3cc(Cl)c(Cl)cc3C2=C(C#N)C#N)sc1-c1cc2c(s1)-c1sc(-c3sc(/C=C4\C(=O)c5cc(Cl)c(Cl)cc5C4=C(C#N)C#N)cc3OC)cc1C2(C)C. The molecule has 0 fully saturated rings. The maximum atomic E-state index is 13.8. The van der Waals surface area contributed by atoms with Gasteiger partial charge in [0.1, 0.15) is 46.9 Å². The molecule has 2 aromatic carbocycles. The molecule has 8 nitrogen and oxygen atoms in total. The van der Waals surface area contributed by atoms with Crippen molar-refractivity contribution < 1.29 is 19.1 Å². The second-order valence-electron chi connectivity index (χ2n) is 14.8. The lowest BCUT2D eigenvalue weighted by Crippen LogP contribution is -2.13. The number of allylic oxidation sites excluding steroid dienone is 6. The number of halogens is 4. The highest BCUT2D eigenvalue weighted by atomic mass is 35.5. The summed E-state index contributed by atoms with van der Waals surface area (Å²) in [7, 11) is 3.17. The number of nitriles is 4. The summed E-state index contributed by atoms with van der Waals surface area (Å²) in [6, 6.07) is 21.7. The molecule has 0 saturated carbocycles. The Labute approximate surface area is 396 Å². The van der Waals surface area contributed by atoms with Crippen LogP contribution in [0.2, 0.25) is 20.1 Å². The van der Waals surface area contributed by atoms with Crippen LogP contribution < -0.4 is 9.47 Å². The van der Waals surface area contributed by atoms with Crippen molar-refractivity contribution in [2.45, 2.75) is 19.3 Å². The van der Waals surface area contributed by atoms with Gasteiger partial charge in [-0.25, -0.2) is 0 Å². The second kappa shape index (κ2) is 15.8. The maximum absolute atomic E-state index is 13.8. The van der Waals surface area contributed by atoms with Gasteiger partial charge >= 0.3 is 0 Å². The average molecular weight is 977 g/mol. The van der Waals surface area contributed by atoms with Gasteiger partial charge in [0.25, 0.3) is 0 Å². The molecule has 6 aromatic rings. The molecule has 3 aliphatic carbocycles. The fourth-order valence-corrected chi connectivity index (χ4v) is 13.9. The van der Waals surface area contributed by atoms with Gasteiger partial charge in [-0.05, 0) is 82.9 Å². The van der Waals surface area contributed by atoms with Crippen molar-refractivity contribution in [3.05, 3.63) is 134 Å². The van der Waals surface area contributed by atoms with Crippen molar-refractivity contribution in [1.82, 2.24) is 0 Å². The minimum absolute atomic E-state index is 0.187. The van der Waals surface area contributed by atoms with Gasteiger partial charge < -0.3 is 9.47 Å². The summed E-state index contributed by atoms with van der Waals surface area (Å²) in [6.07, 6.45) is 3.35. The first-order chi connectivity index (χ1) is 30.2. The van der Waals surface area contributed by atoms with E-state index in [4.69, 9.17) is 55.9 Å². The van der Waals surface area contributed by atoms with E-state index in [0.717, 1.165) is 40.4 Å². The Morgan fingerprint density at radius 2 is 0.889 bits per heavy atom. The predicted molar refractivity (Wildman–Crippen MR) is 253 cm³/mol. The molecule has 63 heavy (non-hydrogen) atoms. The summed E-state index contributed by atoms with van der Waals surface area (Å²) in [5.41, 5.74) is 3.58. The Morgan fingerprint density at radius 3 is 1.22 bits per heavy atom. The number of carbonyl (C=O) groups excluding carboxylic acids is 2. The predicted octanol–water partition coefficient (Wildman–Crippen LogP) is 14.4. The van der Waals surface area contributed by atoms with Gasteiger partial charge in [0.15, 0.2) is 11.6 Å². The molecule has 0 unspecified atom stereocenters. The minimum Gasteiger partial charge on any atom is -0.495 e. The Hall–Kier alpha value is -5.74. The van der Waals surface area contributed by atoms with E-state index < -0.39 is 0 Å². The van der Waals surface area contributed by atoms with Crippen molar-refractivity contribution in [3.8, 4) is 65.0 Å². The number of thiophene rings is 4. The lowest BCUT2D eigenvalue weighted by atomic mass is 9.84. The van der Waals surface area contributed by atoms with Crippen LogP contribution in [0.25, 0.3) is 52.6 Å². The van der Waals surface area contributed by atoms with E-state index in [1.807, 2.05) is 36.4 Å². The zero-order chi connectivity index (χ0) is 44.8. The minimum atomic E-state index is -0.374. The first-order valence-corrected chi connectivity index (χ1v) is 23.2. The molecule has 0 spiro atoms. The van der Waals surface area contributed by atoms with Crippen molar-refractivity contribution in [1.29, 1.82) is 21.0 Å². The highest BCUT2D eigenvalue weighted by Gasteiger charge is 2.41. The van der Waals surface area contributed by atoms with Crippen molar-refractivity contribution >= 4 is 127 Å². The van der Waals surface area contributed by atoms with Crippen LogP contribution in [0.1, 0.15) is 66.6 Å². The zero-order valence-corrected chi connectivity index (χ0v) is 39.1. The van der Waals surface area contributed by atoms with Crippen molar-refractivity contribution in [2.75, 3.05) is 14.2 Å². The first kappa shape index (κ1) is 42.6. The number of ether oxygens (including phenoxy) is 2. The van der Waals surface area contributed by atoms with Crippen LogP contribution in [0.15, 0.2) is 70.8 Å². The summed E-state index contributed by atoms with van der Waals surface area (Å²) in [5.74, 6) is 0.460. The Balaban J connectivity index is 1.09. The van der Waals surface area contributed by atoms with E-state index in [0.29, 0.717) is 32.4 Å². The summed E-state index contributed by atoms with van der Waals surface area (Å²) in [4.78, 5) is 34.8. The zero-order valence-electron chi connectivity index (χ0n) is 32.8. The van der Waals surface area contributed by atoms with Crippen LogP contribution in [0, 0.1) is 45.3 Å². The van der Waals surface area contributed by atoms with E-state index in [1.54, 1.807) is 49.0 Å². The molecule has 0 atom stereocenters. The van der Waals surface area contributed by atoms with E-state index in [1.165, 1.54) is 46.9 Å². The van der Waals surface area contributed by atoms with Crippen LogP contribution >= 0.6 is 91.8 Å². The van der Waals surface area contributed by atoms with Crippen LogP contribution in [0.5, 0.6) is 11.5 Å². The Morgan fingerprint density at radius 1 is 0.540 bits per heavy atom. The normalized spacial score (nSPS) is 15.4. The third-order valence-corrected chi connectivity index (χ3v) is 17.4. The maximum Gasteiger partial charge on any atom is 0.194 e. The summed E-state index contributed by atoms with van der Waals surface area (Å²) >= 11 is 31.3. The monoisotopic (exact) mass is 974 g/mol. The van der Waals surface area contributed by atoms with Crippen molar-refractivity contribution in [2.24, 2.45) is 0 Å². The third kappa shape index (κ3) is 6.61. The smallest absolute Gasteiger partial charge is 0.194 e. The molecule has 4 aromatic heterocycles. The molecule has 0 bridgehead atoms. The average Bonchev–Trinajstić information content (AvgIpc) is 4.13. The van der Waals surface area contributed by atoms with E-state index >= 15 is 0 Å². The van der Waals surface area contributed by atoms with Crippen LogP contribution in [-0.2, 0) is 5.41 Å². The van der Waals surface area contributed by atoms with Gasteiger partial charge in [0.2, 0.25) is 0 Å². The molecule has 306 valence electrons. The van der Waals surface area contributed by atoms with Crippen LogP contribution in [-0.4, -0.2) is 25.8 Å². The van der Waals surface area contributed by atoms with E-state index in [2.05, 4.69) is 26.0 Å². The number of fused-ring (bicyclic) bond motifs is 5. The number of rotatable bonds is 6. The van der Waals surface area contributed by atoms with Gasteiger partial charge in [-0.3, -0.25) is 9.59 Å². The highest BCUT2D eigenvalue weighted by molar-refractivity contribution is 7.29. The quantitative estimate of drug-likeness (QED) is 0.118. The molecule has 9 rings (SSSR count). The lowest BCUT2D eigenvalue weighted by Gasteiger charge is -2.19. The van der Waals surface area contributed by atoms with Crippen LogP contribution in [0.4, 0.5) is 0 Å². The lowest BCUT2D eigenvalue weighted by molar-refractivity contribution is 0.103. The Bertz CT molecular complexity index is 3180. The number of methoxy groups -OCH3 is 2. The van der Waals surface area contributed by atoms with Gasteiger partial charge in [-0.1, -0.05) is 60.3 Å². The molecule has 0 aliphatic heterocycles. The van der Waals surface area contributed by atoms with E-state index in [-0.39, 0.29) is 81.6 Å². The fraction of sp³-hybridized carbons (Fsp3) is 0.106. The van der Waals surface area contributed by atoms with Crippen LogP contribution in [0.3, 0.4) is 0 Å². The topological polar surface area (TPSA) is 148 Å². The van der Waals surface area contributed by atoms with Gasteiger partial charge in [0, 0.05) is 68.1 Å². The third-order valence-electron chi connectivity index (χ3n) is 11.0. The second-order valence-corrected chi connectivity index (χ2v) is 20.7. The first-order valence-electron chi connectivity index (χ1n) is 18.4. The fourth-order valence-electron chi connectivity index (χ4n) is 8.05. The molecule has 16 heteroatoms. The molecule has 0 amide bonds. The van der Waals surface area contributed by atoms with Crippen molar-refractivity contribution in [3.63, 3.8) is 0 Å². The molecular formula is C47H22Cl4N4O4S4. The Kier molecular flexibility index (Phi) is 10.7. The number of nitrogens with zero attached hydrogens (tertiary/aromatic N) is 4. The molecule has 0 N–H and O–H groups in total. The summed E-state index contributed by atoms with van der Waals surface area (Å²) < 4.78 is 11.8. The molecule has 3 aliphatic rings. The van der Waals surface area contributed by atoms with Gasteiger partial charge in [-0.15, -0.1) is 45.3 Å². The molecule has 0 radical (unpaired) electrons. The number of carbonyl (C=O) groups is 2. The number of Topliss-reactive ketones (excluding diaryl/α,β-unsaturated/α-hetero) is 2. The van der Waals surface area contributed by atoms with E-state index in [9.17, 15) is 30.6 Å². The highest BCUT2D eigenvalue weighted by Crippen LogP contribution is 2.60. The largest absolute Gasteiger partial charge is 0.495 e. The summed E-state index contributed by atoms with van der Waals surface area (Å²) in [5, 5.41) is 40.2. The molecule has 0 saturated heterocycles.